The fourth-order valence-corrected chi connectivity index (χ4v) is 3.91. The van der Waals surface area contributed by atoms with E-state index >= 15 is 0 Å². The second-order valence-electron chi connectivity index (χ2n) is 6.77. The highest BCUT2D eigenvalue weighted by Crippen LogP contribution is 2.27. The van der Waals surface area contributed by atoms with Crippen LogP contribution >= 0.6 is 23.4 Å². The van der Waals surface area contributed by atoms with E-state index in [1.54, 1.807) is 24.3 Å². The van der Waals surface area contributed by atoms with Crippen molar-refractivity contribution >= 4 is 35.0 Å². The summed E-state index contributed by atoms with van der Waals surface area (Å²) in [6.45, 7) is 6.69. The summed E-state index contributed by atoms with van der Waals surface area (Å²) in [6, 6.07) is 13.0. The Hall–Kier alpha value is -2.97. The van der Waals surface area contributed by atoms with Crippen molar-refractivity contribution in [2.75, 3.05) is 18.2 Å². The standard InChI is InChI=1S/C23H25ClN4O3S/c1-4-12-28-21(14-31-18-9-6-16(5-2)7-10-18)26-27-23(28)32-15-22(29)25-17-8-11-20(30-3)19(24)13-17/h4,6-11,13H,1,5,12,14-15H2,2-3H3,(H,25,29). The second-order valence-corrected chi connectivity index (χ2v) is 8.12. The second kappa shape index (κ2) is 11.6. The molecule has 7 nitrogen and oxygen atoms in total. The zero-order chi connectivity index (χ0) is 22.9. The molecule has 3 rings (SSSR count). The third-order valence-corrected chi connectivity index (χ3v) is 5.83. The van der Waals surface area contributed by atoms with E-state index in [1.165, 1.54) is 24.4 Å². The number of methoxy groups -OCH3 is 1. The number of aromatic nitrogens is 3. The summed E-state index contributed by atoms with van der Waals surface area (Å²) in [6.07, 6.45) is 2.74. The summed E-state index contributed by atoms with van der Waals surface area (Å²) >= 11 is 7.40. The molecule has 0 spiro atoms. The molecule has 168 valence electrons. The van der Waals surface area contributed by atoms with Crippen molar-refractivity contribution in [2.24, 2.45) is 0 Å². The number of allylic oxidation sites excluding steroid dienone is 1. The molecule has 1 aromatic heterocycles. The van der Waals surface area contributed by atoms with E-state index in [4.69, 9.17) is 21.1 Å². The highest BCUT2D eigenvalue weighted by Gasteiger charge is 2.14. The average molecular weight is 473 g/mol. The van der Waals surface area contributed by atoms with Gasteiger partial charge in [-0.15, -0.1) is 16.8 Å². The molecule has 0 radical (unpaired) electrons. The van der Waals surface area contributed by atoms with Gasteiger partial charge in [0.2, 0.25) is 5.91 Å². The number of benzene rings is 2. The molecule has 3 aromatic rings. The lowest BCUT2D eigenvalue weighted by Crippen LogP contribution is -2.15. The lowest BCUT2D eigenvalue weighted by molar-refractivity contribution is -0.113. The SMILES string of the molecule is C=CCn1c(COc2ccc(CC)cc2)nnc1SCC(=O)Nc1ccc(OC)c(Cl)c1. The van der Waals surface area contributed by atoms with Crippen molar-refractivity contribution in [3.05, 3.63) is 71.5 Å². The fourth-order valence-electron chi connectivity index (χ4n) is 2.89. The van der Waals surface area contributed by atoms with Crippen molar-refractivity contribution in [3.8, 4) is 11.5 Å². The molecule has 1 heterocycles. The van der Waals surface area contributed by atoms with Crippen LogP contribution in [0.4, 0.5) is 5.69 Å². The molecule has 0 saturated heterocycles. The van der Waals surface area contributed by atoms with E-state index in [2.05, 4.69) is 29.0 Å². The van der Waals surface area contributed by atoms with Gasteiger partial charge in [0.25, 0.3) is 0 Å². The summed E-state index contributed by atoms with van der Waals surface area (Å²) in [4.78, 5) is 12.4. The van der Waals surface area contributed by atoms with Crippen LogP contribution in [-0.4, -0.2) is 33.5 Å². The number of anilines is 1. The third kappa shape index (κ3) is 6.27. The molecule has 0 aliphatic rings. The Bertz CT molecular complexity index is 1070. The van der Waals surface area contributed by atoms with Crippen molar-refractivity contribution in [2.45, 2.75) is 31.7 Å². The highest BCUT2D eigenvalue weighted by molar-refractivity contribution is 7.99. The first-order valence-electron chi connectivity index (χ1n) is 10.0. The van der Waals surface area contributed by atoms with Gasteiger partial charge in [0.05, 0.1) is 17.9 Å². The van der Waals surface area contributed by atoms with Gasteiger partial charge in [-0.25, -0.2) is 0 Å². The number of hydrogen-bond donors (Lipinski definition) is 1. The Morgan fingerprint density at radius 3 is 2.69 bits per heavy atom. The normalized spacial score (nSPS) is 10.6. The molecular formula is C23H25ClN4O3S. The molecular weight excluding hydrogens is 448 g/mol. The number of halogens is 1. The van der Waals surface area contributed by atoms with Crippen molar-refractivity contribution in [1.29, 1.82) is 0 Å². The first-order valence-corrected chi connectivity index (χ1v) is 11.4. The van der Waals surface area contributed by atoms with Crippen LogP contribution in [0, 0.1) is 0 Å². The first-order chi connectivity index (χ1) is 15.5. The monoisotopic (exact) mass is 472 g/mol. The van der Waals surface area contributed by atoms with Crippen LogP contribution < -0.4 is 14.8 Å². The zero-order valence-corrected chi connectivity index (χ0v) is 19.6. The van der Waals surface area contributed by atoms with E-state index in [9.17, 15) is 4.79 Å². The molecule has 1 amide bonds. The van der Waals surface area contributed by atoms with Crippen LogP contribution in [0.2, 0.25) is 5.02 Å². The molecule has 0 atom stereocenters. The van der Waals surface area contributed by atoms with Crippen molar-refractivity contribution in [3.63, 3.8) is 0 Å². The number of ether oxygens (including phenoxy) is 2. The average Bonchev–Trinajstić information content (AvgIpc) is 3.18. The van der Waals surface area contributed by atoms with E-state index in [-0.39, 0.29) is 18.3 Å². The van der Waals surface area contributed by atoms with Crippen LogP contribution in [0.15, 0.2) is 60.3 Å². The minimum Gasteiger partial charge on any atom is -0.495 e. The number of carbonyl (C=O) groups excluding carboxylic acids is 1. The van der Waals surface area contributed by atoms with Gasteiger partial charge >= 0.3 is 0 Å². The molecule has 0 bridgehead atoms. The van der Waals surface area contributed by atoms with Crippen molar-refractivity contribution in [1.82, 2.24) is 14.8 Å². The fraction of sp³-hybridized carbons (Fsp3) is 0.261. The molecule has 0 saturated carbocycles. The Labute approximate surface area is 196 Å². The number of thioether (sulfide) groups is 1. The topological polar surface area (TPSA) is 78.3 Å². The van der Waals surface area contributed by atoms with Crippen LogP contribution in [-0.2, 0) is 24.4 Å². The molecule has 2 aromatic carbocycles. The minimum absolute atomic E-state index is 0.165. The quantitative estimate of drug-likeness (QED) is 0.312. The number of amides is 1. The molecule has 1 N–H and O–H groups in total. The van der Waals surface area contributed by atoms with Crippen LogP contribution in [0.5, 0.6) is 11.5 Å². The van der Waals surface area contributed by atoms with Crippen LogP contribution in [0.3, 0.4) is 0 Å². The zero-order valence-electron chi connectivity index (χ0n) is 18.0. The Balaban J connectivity index is 1.59. The largest absolute Gasteiger partial charge is 0.495 e. The maximum absolute atomic E-state index is 12.4. The van der Waals surface area contributed by atoms with Crippen LogP contribution in [0.25, 0.3) is 0 Å². The molecule has 0 fully saturated rings. The first kappa shape index (κ1) is 23.7. The molecule has 0 unspecified atom stereocenters. The van der Waals surface area contributed by atoms with E-state index < -0.39 is 0 Å². The number of aryl methyl sites for hydroxylation is 1. The van der Waals surface area contributed by atoms with E-state index in [0.717, 1.165) is 12.2 Å². The Morgan fingerprint density at radius 1 is 1.25 bits per heavy atom. The lowest BCUT2D eigenvalue weighted by atomic mass is 10.2. The Morgan fingerprint density at radius 2 is 2.03 bits per heavy atom. The molecule has 9 heteroatoms. The third-order valence-electron chi connectivity index (χ3n) is 4.57. The summed E-state index contributed by atoms with van der Waals surface area (Å²) < 4.78 is 12.9. The summed E-state index contributed by atoms with van der Waals surface area (Å²) in [5, 5.41) is 12.3. The lowest BCUT2D eigenvalue weighted by Gasteiger charge is -2.10. The number of carbonyl (C=O) groups is 1. The molecule has 0 aliphatic heterocycles. The van der Waals surface area contributed by atoms with Crippen LogP contribution in [0.1, 0.15) is 18.3 Å². The van der Waals surface area contributed by atoms with Gasteiger partial charge in [-0.05, 0) is 42.3 Å². The highest BCUT2D eigenvalue weighted by atomic mass is 35.5. The maximum Gasteiger partial charge on any atom is 0.234 e. The van der Waals surface area contributed by atoms with Gasteiger partial charge in [0.15, 0.2) is 11.0 Å². The Kier molecular flexibility index (Phi) is 8.58. The van der Waals surface area contributed by atoms with E-state index in [1.807, 2.05) is 28.8 Å². The number of rotatable bonds is 11. The number of nitrogens with zero attached hydrogens (tertiary/aromatic N) is 3. The molecule has 32 heavy (non-hydrogen) atoms. The smallest absolute Gasteiger partial charge is 0.234 e. The van der Waals surface area contributed by atoms with Gasteiger partial charge in [-0.1, -0.05) is 48.5 Å². The maximum atomic E-state index is 12.4. The van der Waals surface area contributed by atoms with Gasteiger partial charge in [0, 0.05) is 12.2 Å². The molecule has 0 aliphatic carbocycles. The summed E-state index contributed by atoms with van der Waals surface area (Å²) in [5.41, 5.74) is 1.85. The van der Waals surface area contributed by atoms with E-state index in [0.29, 0.717) is 34.0 Å². The van der Waals surface area contributed by atoms with Crippen molar-refractivity contribution < 1.29 is 14.3 Å². The predicted octanol–water partition coefficient (Wildman–Crippen LogP) is 5.00. The summed E-state index contributed by atoms with van der Waals surface area (Å²) in [7, 11) is 1.54. The van der Waals surface area contributed by atoms with Gasteiger partial charge in [0.1, 0.15) is 18.1 Å². The van der Waals surface area contributed by atoms with Gasteiger partial charge in [-0.3, -0.25) is 9.36 Å². The predicted molar refractivity (Wildman–Crippen MR) is 128 cm³/mol. The minimum atomic E-state index is -0.182. The number of nitrogens with one attached hydrogen (secondary N) is 1. The van der Waals surface area contributed by atoms with Gasteiger partial charge in [-0.2, -0.15) is 0 Å². The summed E-state index contributed by atoms with van der Waals surface area (Å²) in [5.74, 6) is 1.96. The number of hydrogen-bond acceptors (Lipinski definition) is 6. The van der Waals surface area contributed by atoms with Gasteiger partial charge < -0.3 is 14.8 Å².